The average molecular weight is 348 g/mol. The SMILES string of the molecule is CC(CN1CCCCCC1)NCc1ccc(CN)cc1.Cl.Cl. The molecule has 3 N–H and O–H groups in total. The Balaban J connectivity index is 0.00000220. The number of halogens is 2. The summed E-state index contributed by atoms with van der Waals surface area (Å²) in [6.07, 6.45) is 5.55. The first-order valence-electron chi connectivity index (χ1n) is 8.01. The van der Waals surface area contributed by atoms with Gasteiger partial charge in [-0.05, 0) is 44.0 Å². The second-order valence-electron chi connectivity index (χ2n) is 6.02. The van der Waals surface area contributed by atoms with E-state index in [1.54, 1.807) is 0 Å². The molecule has 3 nitrogen and oxygen atoms in total. The molecule has 1 aliphatic rings. The fourth-order valence-corrected chi connectivity index (χ4v) is 2.86. The lowest BCUT2D eigenvalue weighted by atomic mass is 10.1. The standard InChI is InChI=1S/C17H29N3.2ClH/c1-15(14-20-10-4-2-3-5-11-20)19-13-17-8-6-16(12-18)7-9-17;;/h6-9,15,19H,2-5,10-14,18H2,1H3;2*1H. The van der Waals surface area contributed by atoms with Crippen LogP contribution >= 0.6 is 24.8 Å². The number of likely N-dealkylation sites (tertiary alicyclic amines) is 1. The molecule has 0 aliphatic carbocycles. The molecule has 1 aromatic carbocycles. The summed E-state index contributed by atoms with van der Waals surface area (Å²) in [6.45, 7) is 7.58. The maximum atomic E-state index is 5.62. The molecule has 1 fully saturated rings. The van der Waals surface area contributed by atoms with Crippen molar-refractivity contribution in [2.45, 2.75) is 51.7 Å². The molecule has 0 aromatic heterocycles. The van der Waals surface area contributed by atoms with Crippen molar-refractivity contribution in [3.05, 3.63) is 35.4 Å². The van der Waals surface area contributed by atoms with Gasteiger partial charge in [0, 0.05) is 25.7 Å². The van der Waals surface area contributed by atoms with Gasteiger partial charge >= 0.3 is 0 Å². The molecule has 0 saturated carbocycles. The highest BCUT2D eigenvalue weighted by atomic mass is 35.5. The molecule has 22 heavy (non-hydrogen) atoms. The van der Waals surface area contributed by atoms with E-state index in [-0.39, 0.29) is 24.8 Å². The molecule has 1 atom stereocenters. The van der Waals surface area contributed by atoms with E-state index in [4.69, 9.17) is 5.73 Å². The fraction of sp³-hybridized carbons (Fsp3) is 0.647. The first-order valence-corrected chi connectivity index (χ1v) is 8.01. The number of hydrogen-bond acceptors (Lipinski definition) is 3. The van der Waals surface area contributed by atoms with Gasteiger partial charge in [0.1, 0.15) is 0 Å². The summed E-state index contributed by atoms with van der Waals surface area (Å²) in [4.78, 5) is 2.61. The molecule has 0 amide bonds. The predicted molar refractivity (Wildman–Crippen MR) is 100 cm³/mol. The van der Waals surface area contributed by atoms with Gasteiger partial charge in [-0.1, -0.05) is 37.1 Å². The molecule has 0 radical (unpaired) electrons. The molecule has 0 bridgehead atoms. The molecular formula is C17H31Cl2N3. The molecule has 0 spiro atoms. The topological polar surface area (TPSA) is 41.3 Å². The van der Waals surface area contributed by atoms with Gasteiger partial charge in [-0.25, -0.2) is 0 Å². The van der Waals surface area contributed by atoms with Crippen molar-refractivity contribution in [3.8, 4) is 0 Å². The summed E-state index contributed by atoms with van der Waals surface area (Å²) >= 11 is 0. The Labute approximate surface area is 147 Å². The maximum absolute atomic E-state index is 5.62. The second kappa shape index (κ2) is 12.1. The van der Waals surface area contributed by atoms with Crippen molar-refractivity contribution in [2.24, 2.45) is 5.73 Å². The molecular weight excluding hydrogens is 317 g/mol. The Hall–Kier alpha value is -0.320. The largest absolute Gasteiger partial charge is 0.326 e. The fourth-order valence-electron chi connectivity index (χ4n) is 2.86. The third kappa shape index (κ3) is 7.80. The van der Waals surface area contributed by atoms with Crippen molar-refractivity contribution in [1.29, 1.82) is 0 Å². The Bertz CT molecular complexity index is 376. The number of benzene rings is 1. The third-order valence-electron chi connectivity index (χ3n) is 4.14. The molecule has 5 heteroatoms. The number of nitrogens with zero attached hydrogens (tertiary/aromatic N) is 1. The van der Waals surface area contributed by atoms with E-state index in [1.807, 2.05) is 0 Å². The number of hydrogen-bond donors (Lipinski definition) is 2. The van der Waals surface area contributed by atoms with Gasteiger partial charge in [-0.3, -0.25) is 0 Å². The van der Waals surface area contributed by atoms with Crippen molar-refractivity contribution in [3.63, 3.8) is 0 Å². The molecule has 1 aromatic rings. The minimum absolute atomic E-state index is 0. The Morgan fingerprint density at radius 3 is 2.09 bits per heavy atom. The maximum Gasteiger partial charge on any atom is 0.0208 e. The average Bonchev–Trinajstić information content (AvgIpc) is 2.74. The Kier molecular flexibility index (Phi) is 12.0. The van der Waals surface area contributed by atoms with Gasteiger partial charge in [0.25, 0.3) is 0 Å². The molecule has 1 unspecified atom stereocenters. The quantitative estimate of drug-likeness (QED) is 0.828. The van der Waals surface area contributed by atoms with Crippen molar-refractivity contribution in [2.75, 3.05) is 19.6 Å². The minimum Gasteiger partial charge on any atom is -0.326 e. The minimum atomic E-state index is 0. The third-order valence-corrected chi connectivity index (χ3v) is 4.14. The van der Waals surface area contributed by atoms with Crippen LogP contribution in [-0.2, 0) is 13.1 Å². The van der Waals surface area contributed by atoms with E-state index in [9.17, 15) is 0 Å². The summed E-state index contributed by atoms with van der Waals surface area (Å²) in [5, 5.41) is 3.63. The Morgan fingerprint density at radius 1 is 1.00 bits per heavy atom. The summed E-state index contributed by atoms with van der Waals surface area (Å²) in [5.41, 5.74) is 8.16. The van der Waals surface area contributed by atoms with E-state index in [1.165, 1.54) is 56.4 Å². The summed E-state index contributed by atoms with van der Waals surface area (Å²) in [5.74, 6) is 0. The molecule has 1 heterocycles. The number of nitrogens with one attached hydrogen (secondary N) is 1. The monoisotopic (exact) mass is 347 g/mol. The van der Waals surface area contributed by atoms with Crippen LogP contribution in [0.4, 0.5) is 0 Å². The van der Waals surface area contributed by atoms with Crippen LogP contribution in [-0.4, -0.2) is 30.6 Å². The molecule has 1 saturated heterocycles. The van der Waals surface area contributed by atoms with Crippen molar-refractivity contribution in [1.82, 2.24) is 10.2 Å². The van der Waals surface area contributed by atoms with Gasteiger partial charge in [0.2, 0.25) is 0 Å². The summed E-state index contributed by atoms with van der Waals surface area (Å²) in [7, 11) is 0. The molecule has 128 valence electrons. The highest BCUT2D eigenvalue weighted by Gasteiger charge is 2.12. The number of nitrogens with two attached hydrogens (primary N) is 1. The lowest BCUT2D eigenvalue weighted by Crippen LogP contribution is -2.39. The highest BCUT2D eigenvalue weighted by molar-refractivity contribution is 5.85. The van der Waals surface area contributed by atoms with Crippen LogP contribution in [0.3, 0.4) is 0 Å². The van der Waals surface area contributed by atoms with E-state index >= 15 is 0 Å². The zero-order valence-electron chi connectivity index (χ0n) is 13.6. The van der Waals surface area contributed by atoms with Gasteiger partial charge in [-0.15, -0.1) is 24.8 Å². The number of rotatable bonds is 6. The van der Waals surface area contributed by atoms with Gasteiger partial charge in [-0.2, -0.15) is 0 Å². The second-order valence-corrected chi connectivity index (χ2v) is 6.02. The van der Waals surface area contributed by atoms with Gasteiger partial charge in [0.15, 0.2) is 0 Å². The Morgan fingerprint density at radius 2 is 1.55 bits per heavy atom. The molecule has 1 aliphatic heterocycles. The van der Waals surface area contributed by atoms with E-state index in [2.05, 4.69) is 41.4 Å². The van der Waals surface area contributed by atoms with Crippen LogP contribution in [0.1, 0.15) is 43.7 Å². The van der Waals surface area contributed by atoms with Gasteiger partial charge < -0.3 is 16.0 Å². The summed E-state index contributed by atoms with van der Waals surface area (Å²) in [6, 6.07) is 9.14. The lowest BCUT2D eigenvalue weighted by molar-refractivity contribution is 0.255. The zero-order valence-corrected chi connectivity index (χ0v) is 15.2. The lowest BCUT2D eigenvalue weighted by Gasteiger charge is -2.24. The van der Waals surface area contributed by atoms with Crippen LogP contribution in [0.2, 0.25) is 0 Å². The van der Waals surface area contributed by atoms with Crippen molar-refractivity contribution < 1.29 is 0 Å². The normalized spacial score (nSPS) is 17.0. The van der Waals surface area contributed by atoms with Gasteiger partial charge in [0.05, 0.1) is 0 Å². The van der Waals surface area contributed by atoms with E-state index in [0.29, 0.717) is 12.6 Å². The highest BCUT2D eigenvalue weighted by Crippen LogP contribution is 2.10. The van der Waals surface area contributed by atoms with Crippen LogP contribution in [0.25, 0.3) is 0 Å². The van der Waals surface area contributed by atoms with Crippen LogP contribution in [0, 0.1) is 0 Å². The van der Waals surface area contributed by atoms with E-state index < -0.39 is 0 Å². The van der Waals surface area contributed by atoms with Crippen LogP contribution < -0.4 is 11.1 Å². The first-order chi connectivity index (χ1) is 9.78. The smallest absolute Gasteiger partial charge is 0.0208 e. The zero-order chi connectivity index (χ0) is 14.2. The first kappa shape index (κ1) is 21.7. The van der Waals surface area contributed by atoms with Crippen molar-refractivity contribution >= 4 is 24.8 Å². The predicted octanol–water partition coefficient (Wildman–Crippen LogP) is 3.34. The summed E-state index contributed by atoms with van der Waals surface area (Å²) < 4.78 is 0. The van der Waals surface area contributed by atoms with E-state index in [0.717, 1.165) is 6.54 Å². The van der Waals surface area contributed by atoms with Crippen LogP contribution in [0.15, 0.2) is 24.3 Å². The molecule has 2 rings (SSSR count). The van der Waals surface area contributed by atoms with Crippen LogP contribution in [0.5, 0.6) is 0 Å².